The summed E-state index contributed by atoms with van der Waals surface area (Å²) in [6.45, 7) is 2.22. The second-order valence-corrected chi connectivity index (χ2v) is 6.08. The van der Waals surface area contributed by atoms with Crippen LogP contribution >= 0.6 is 15.9 Å². The van der Waals surface area contributed by atoms with Crippen LogP contribution in [0.3, 0.4) is 0 Å². The third-order valence-corrected chi connectivity index (χ3v) is 4.68. The van der Waals surface area contributed by atoms with Crippen LogP contribution in [0.1, 0.15) is 56.1 Å². The molecule has 0 aromatic heterocycles. The van der Waals surface area contributed by atoms with Crippen LogP contribution in [0.5, 0.6) is 0 Å². The molecule has 1 aromatic carbocycles. The van der Waals surface area contributed by atoms with E-state index in [1.165, 1.54) is 43.0 Å². The number of hydrogen-bond donors (Lipinski definition) is 0. The lowest BCUT2D eigenvalue weighted by Gasteiger charge is -2.28. The molecule has 1 heteroatoms. The summed E-state index contributed by atoms with van der Waals surface area (Å²) in [5.74, 6) is 1.80. The van der Waals surface area contributed by atoms with Crippen LogP contribution in [0.2, 0.25) is 0 Å². The fraction of sp³-hybridized carbons (Fsp3) is 0.625. The highest BCUT2D eigenvalue weighted by Gasteiger charge is 2.21. The Morgan fingerprint density at radius 3 is 2.24 bits per heavy atom. The van der Waals surface area contributed by atoms with Gasteiger partial charge in [0, 0.05) is 5.33 Å². The van der Waals surface area contributed by atoms with Crippen molar-refractivity contribution in [2.75, 3.05) is 5.33 Å². The number of hydrogen-bond acceptors (Lipinski definition) is 0. The maximum atomic E-state index is 3.56. The van der Waals surface area contributed by atoms with Crippen LogP contribution in [0.4, 0.5) is 0 Å². The summed E-state index contributed by atoms with van der Waals surface area (Å²) in [5, 5.41) is 1.17. The van der Waals surface area contributed by atoms with E-state index >= 15 is 0 Å². The minimum absolute atomic E-state index is 0.826. The summed E-state index contributed by atoms with van der Waals surface area (Å²) < 4.78 is 0. The van der Waals surface area contributed by atoms with Crippen LogP contribution in [0.25, 0.3) is 0 Å². The molecule has 1 fully saturated rings. The van der Waals surface area contributed by atoms with Gasteiger partial charge in [0.1, 0.15) is 0 Å². The molecule has 0 radical (unpaired) electrons. The summed E-state index contributed by atoms with van der Waals surface area (Å²) in [4.78, 5) is 0. The Morgan fingerprint density at radius 2 is 1.71 bits per heavy atom. The average Bonchev–Trinajstić information content (AvgIpc) is 2.40. The molecule has 0 N–H and O–H groups in total. The van der Waals surface area contributed by atoms with Gasteiger partial charge in [-0.1, -0.05) is 47.1 Å². The first-order valence-electron chi connectivity index (χ1n) is 6.98. The lowest BCUT2D eigenvalue weighted by Crippen LogP contribution is -2.13. The zero-order valence-corrected chi connectivity index (χ0v) is 12.4. The highest BCUT2D eigenvalue weighted by molar-refractivity contribution is 9.09. The number of aryl methyl sites for hydroxylation is 1. The monoisotopic (exact) mass is 294 g/mol. The van der Waals surface area contributed by atoms with Crippen molar-refractivity contribution in [2.24, 2.45) is 5.92 Å². The first-order valence-corrected chi connectivity index (χ1v) is 8.10. The van der Waals surface area contributed by atoms with Crippen molar-refractivity contribution in [1.82, 2.24) is 0 Å². The van der Waals surface area contributed by atoms with Crippen LogP contribution in [0, 0.1) is 5.92 Å². The smallest absolute Gasteiger partial charge is 0.00339 e. The maximum absolute atomic E-state index is 3.56. The quantitative estimate of drug-likeness (QED) is 0.660. The van der Waals surface area contributed by atoms with Crippen molar-refractivity contribution in [3.63, 3.8) is 0 Å². The molecule has 0 spiro atoms. The molecule has 0 heterocycles. The normalized spacial score (nSPS) is 24.8. The summed E-state index contributed by atoms with van der Waals surface area (Å²) in [7, 11) is 0. The molecule has 0 nitrogen and oxygen atoms in total. The van der Waals surface area contributed by atoms with Crippen LogP contribution in [-0.4, -0.2) is 5.33 Å². The van der Waals surface area contributed by atoms with Gasteiger partial charge in [0.2, 0.25) is 0 Å². The zero-order valence-electron chi connectivity index (χ0n) is 10.8. The van der Waals surface area contributed by atoms with E-state index in [0.29, 0.717) is 0 Å². The Labute approximate surface area is 114 Å². The first-order chi connectivity index (χ1) is 8.33. The predicted octanol–water partition coefficient (Wildman–Crippen LogP) is 5.31. The minimum Gasteiger partial charge on any atom is -0.0928 e. The predicted molar refractivity (Wildman–Crippen MR) is 78.9 cm³/mol. The topological polar surface area (TPSA) is 0 Å². The third kappa shape index (κ3) is 3.58. The van der Waals surface area contributed by atoms with E-state index in [2.05, 4.69) is 47.1 Å². The SMILES string of the molecule is CCc1ccc(C2CCC(CCBr)CC2)cc1. The molecule has 2 rings (SSSR count). The molecule has 0 saturated heterocycles. The molecular formula is C16H23Br. The van der Waals surface area contributed by atoms with Gasteiger partial charge in [-0.05, 0) is 61.5 Å². The molecule has 1 aliphatic carbocycles. The van der Waals surface area contributed by atoms with E-state index in [4.69, 9.17) is 0 Å². The van der Waals surface area contributed by atoms with Crippen molar-refractivity contribution < 1.29 is 0 Å². The van der Waals surface area contributed by atoms with Crippen LogP contribution in [-0.2, 0) is 6.42 Å². The Hall–Kier alpha value is -0.300. The standard InChI is InChI=1S/C16H23Br/c1-2-13-3-7-15(8-4-13)16-9-5-14(6-10-16)11-12-17/h3-4,7-8,14,16H,2,5-6,9-12H2,1H3. The van der Waals surface area contributed by atoms with E-state index in [9.17, 15) is 0 Å². The summed E-state index contributed by atoms with van der Waals surface area (Å²) in [6, 6.07) is 9.32. The zero-order chi connectivity index (χ0) is 12.1. The number of halogens is 1. The molecule has 94 valence electrons. The molecule has 1 aromatic rings. The highest BCUT2D eigenvalue weighted by Crippen LogP contribution is 2.37. The number of alkyl halides is 1. The Morgan fingerprint density at radius 1 is 1.06 bits per heavy atom. The third-order valence-electron chi connectivity index (χ3n) is 4.22. The second-order valence-electron chi connectivity index (χ2n) is 5.29. The van der Waals surface area contributed by atoms with Gasteiger partial charge in [0.05, 0.1) is 0 Å². The van der Waals surface area contributed by atoms with Gasteiger partial charge in [0.25, 0.3) is 0 Å². The lowest BCUT2D eigenvalue weighted by molar-refractivity contribution is 0.321. The van der Waals surface area contributed by atoms with Gasteiger partial charge in [-0.3, -0.25) is 0 Å². The molecule has 0 unspecified atom stereocenters. The Kier molecular flexibility index (Phi) is 5.09. The summed E-state index contributed by atoms with van der Waals surface area (Å²) in [6.07, 6.45) is 8.14. The molecule has 1 saturated carbocycles. The van der Waals surface area contributed by atoms with Crippen LogP contribution < -0.4 is 0 Å². The fourth-order valence-corrected chi connectivity index (χ4v) is 3.61. The van der Waals surface area contributed by atoms with Gasteiger partial charge >= 0.3 is 0 Å². The van der Waals surface area contributed by atoms with Crippen molar-refractivity contribution in [3.05, 3.63) is 35.4 Å². The van der Waals surface area contributed by atoms with Gasteiger partial charge < -0.3 is 0 Å². The van der Waals surface area contributed by atoms with Crippen molar-refractivity contribution in [1.29, 1.82) is 0 Å². The van der Waals surface area contributed by atoms with Gasteiger partial charge in [-0.15, -0.1) is 0 Å². The fourth-order valence-electron chi connectivity index (χ4n) is 2.96. The molecule has 17 heavy (non-hydrogen) atoms. The lowest BCUT2D eigenvalue weighted by atomic mass is 9.78. The molecule has 1 aliphatic rings. The molecule has 0 aliphatic heterocycles. The maximum Gasteiger partial charge on any atom is 0.00339 e. The molecule has 0 atom stereocenters. The largest absolute Gasteiger partial charge is 0.0928 e. The summed E-state index contributed by atoms with van der Waals surface area (Å²) in [5.41, 5.74) is 3.03. The van der Waals surface area contributed by atoms with Gasteiger partial charge in [-0.25, -0.2) is 0 Å². The first kappa shape index (κ1) is 13.1. The van der Waals surface area contributed by atoms with E-state index in [0.717, 1.165) is 18.3 Å². The average molecular weight is 295 g/mol. The van der Waals surface area contributed by atoms with Crippen molar-refractivity contribution in [3.8, 4) is 0 Å². The second kappa shape index (κ2) is 6.58. The van der Waals surface area contributed by atoms with E-state index in [-0.39, 0.29) is 0 Å². The highest BCUT2D eigenvalue weighted by atomic mass is 79.9. The van der Waals surface area contributed by atoms with Crippen molar-refractivity contribution in [2.45, 2.75) is 51.4 Å². The Bertz CT molecular complexity index is 320. The minimum atomic E-state index is 0.826. The number of rotatable bonds is 4. The van der Waals surface area contributed by atoms with E-state index in [1.807, 2.05) is 0 Å². The van der Waals surface area contributed by atoms with Crippen molar-refractivity contribution >= 4 is 15.9 Å². The molecule has 0 amide bonds. The molecular weight excluding hydrogens is 272 g/mol. The van der Waals surface area contributed by atoms with Crippen LogP contribution in [0.15, 0.2) is 24.3 Å². The summed E-state index contributed by atoms with van der Waals surface area (Å²) >= 11 is 3.56. The van der Waals surface area contributed by atoms with E-state index in [1.54, 1.807) is 5.56 Å². The molecule has 0 bridgehead atoms. The van der Waals surface area contributed by atoms with Gasteiger partial charge in [-0.2, -0.15) is 0 Å². The number of benzene rings is 1. The Balaban J connectivity index is 1.91. The van der Waals surface area contributed by atoms with E-state index < -0.39 is 0 Å². The van der Waals surface area contributed by atoms with Gasteiger partial charge in [0.15, 0.2) is 0 Å².